The number of nitrogens with two attached hydrogens (primary N) is 1. The molecule has 0 fully saturated rings. The monoisotopic (exact) mass is 182 g/mol. The highest BCUT2D eigenvalue weighted by Crippen LogP contribution is 2.18. The van der Waals surface area contributed by atoms with Crippen molar-refractivity contribution < 1.29 is 9.53 Å². The van der Waals surface area contributed by atoms with Crippen LogP contribution in [-0.2, 0) is 22.1 Å². The van der Waals surface area contributed by atoms with Crippen molar-refractivity contribution >= 4 is 5.97 Å². The minimum atomic E-state index is -1.08. The average molecular weight is 182 g/mol. The van der Waals surface area contributed by atoms with Crippen LogP contribution in [0.25, 0.3) is 0 Å². The van der Waals surface area contributed by atoms with E-state index in [1.807, 2.05) is 19.3 Å². The average Bonchev–Trinajstić information content (AvgIpc) is 2.50. The van der Waals surface area contributed by atoms with Crippen molar-refractivity contribution in [3.05, 3.63) is 24.0 Å². The second kappa shape index (κ2) is 3.22. The van der Waals surface area contributed by atoms with Crippen molar-refractivity contribution in [3.63, 3.8) is 0 Å². The van der Waals surface area contributed by atoms with E-state index in [9.17, 15) is 4.79 Å². The summed E-state index contributed by atoms with van der Waals surface area (Å²) in [6.07, 6.45) is 1.84. The molecular weight excluding hydrogens is 168 g/mol. The zero-order valence-electron chi connectivity index (χ0n) is 8.07. The lowest BCUT2D eigenvalue weighted by molar-refractivity contribution is -0.147. The second-order valence-corrected chi connectivity index (χ2v) is 3.20. The van der Waals surface area contributed by atoms with Gasteiger partial charge in [-0.05, 0) is 19.1 Å². The normalized spacial score (nSPS) is 15.1. The number of nitrogens with zero attached hydrogens (tertiary/aromatic N) is 1. The van der Waals surface area contributed by atoms with Crippen molar-refractivity contribution in [2.24, 2.45) is 12.8 Å². The Hall–Kier alpha value is -1.29. The van der Waals surface area contributed by atoms with Gasteiger partial charge in [0.1, 0.15) is 0 Å². The number of methoxy groups -OCH3 is 1. The number of ether oxygens (including phenoxy) is 1. The SMILES string of the molecule is COC(=O)[C@@](C)(N)c1cccn1C. The lowest BCUT2D eigenvalue weighted by Crippen LogP contribution is -2.44. The van der Waals surface area contributed by atoms with Crippen LogP contribution in [0.5, 0.6) is 0 Å². The highest BCUT2D eigenvalue weighted by atomic mass is 16.5. The fraction of sp³-hybridized carbons (Fsp3) is 0.444. The van der Waals surface area contributed by atoms with Gasteiger partial charge in [0.15, 0.2) is 5.54 Å². The zero-order chi connectivity index (χ0) is 10.1. The Morgan fingerprint density at radius 3 is 2.69 bits per heavy atom. The number of aryl methyl sites for hydroxylation is 1. The molecule has 1 heterocycles. The lowest BCUT2D eigenvalue weighted by atomic mass is 10.00. The third-order valence-corrected chi connectivity index (χ3v) is 2.09. The summed E-state index contributed by atoms with van der Waals surface area (Å²) >= 11 is 0. The van der Waals surface area contributed by atoms with E-state index < -0.39 is 11.5 Å². The smallest absolute Gasteiger partial charge is 0.331 e. The maximum Gasteiger partial charge on any atom is 0.331 e. The third-order valence-electron chi connectivity index (χ3n) is 2.09. The number of rotatable bonds is 2. The first kappa shape index (κ1) is 9.80. The predicted octanol–water partition coefficient (Wildman–Crippen LogP) is 0.372. The van der Waals surface area contributed by atoms with E-state index in [2.05, 4.69) is 4.74 Å². The minimum Gasteiger partial charge on any atom is -0.467 e. The van der Waals surface area contributed by atoms with Gasteiger partial charge >= 0.3 is 5.97 Å². The van der Waals surface area contributed by atoms with E-state index in [1.165, 1.54) is 7.11 Å². The van der Waals surface area contributed by atoms with Crippen molar-refractivity contribution in [1.82, 2.24) is 4.57 Å². The molecule has 0 bridgehead atoms. The van der Waals surface area contributed by atoms with E-state index in [1.54, 1.807) is 17.6 Å². The van der Waals surface area contributed by atoms with Crippen LogP contribution in [0.2, 0.25) is 0 Å². The summed E-state index contributed by atoms with van der Waals surface area (Å²) in [6.45, 7) is 1.63. The quantitative estimate of drug-likeness (QED) is 0.672. The fourth-order valence-electron chi connectivity index (χ4n) is 1.32. The van der Waals surface area contributed by atoms with Gasteiger partial charge in [-0.15, -0.1) is 0 Å². The van der Waals surface area contributed by atoms with Crippen LogP contribution in [0.15, 0.2) is 18.3 Å². The molecule has 0 spiro atoms. The van der Waals surface area contributed by atoms with Crippen LogP contribution < -0.4 is 5.73 Å². The van der Waals surface area contributed by atoms with Gasteiger partial charge in [-0.1, -0.05) is 0 Å². The van der Waals surface area contributed by atoms with E-state index in [-0.39, 0.29) is 0 Å². The Morgan fingerprint density at radius 1 is 1.69 bits per heavy atom. The van der Waals surface area contributed by atoms with Gasteiger partial charge in [-0.25, -0.2) is 4.79 Å². The van der Waals surface area contributed by atoms with Gasteiger partial charge in [0, 0.05) is 18.9 Å². The molecule has 1 rings (SSSR count). The van der Waals surface area contributed by atoms with Crippen molar-refractivity contribution in [2.45, 2.75) is 12.5 Å². The minimum absolute atomic E-state index is 0.436. The summed E-state index contributed by atoms with van der Waals surface area (Å²) in [7, 11) is 3.17. The summed E-state index contributed by atoms with van der Waals surface area (Å²) in [6, 6.07) is 3.64. The van der Waals surface area contributed by atoms with Crippen LogP contribution in [-0.4, -0.2) is 17.6 Å². The third kappa shape index (κ3) is 1.58. The summed E-state index contributed by atoms with van der Waals surface area (Å²) in [4.78, 5) is 11.3. The fourth-order valence-corrected chi connectivity index (χ4v) is 1.32. The second-order valence-electron chi connectivity index (χ2n) is 3.20. The topological polar surface area (TPSA) is 57.2 Å². The molecule has 0 amide bonds. The van der Waals surface area contributed by atoms with Crippen LogP contribution in [0.4, 0.5) is 0 Å². The molecule has 2 N–H and O–H groups in total. The number of carbonyl (C=O) groups excluding carboxylic acids is 1. The van der Waals surface area contributed by atoms with E-state index in [4.69, 9.17) is 5.73 Å². The molecule has 0 radical (unpaired) electrons. The Kier molecular flexibility index (Phi) is 2.43. The van der Waals surface area contributed by atoms with Gasteiger partial charge in [0.05, 0.1) is 7.11 Å². The summed E-state index contributed by atoms with van der Waals surface area (Å²) in [5.41, 5.74) is 5.50. The molecule has 4 heteroatoms. The molecular formula is C9H14N2O2. The van der Waals surface area contributed by atoms with E-state index >= 15 is 0 Å². The van der Waals surface area contributed by atoms with Gasteiger partial charge in [0.25, 0.3) is 0 Å². The number of aromatic nitrogens is 1. The van der Waals surface area contributed by atoms with Gasteiger partial charge < -0.3 is 15.0 Å². The molecule has 72 valence electrons. The highest BCUT2D eigenvalue weighted by Gasteiger charge is 2.33. The zero-order valence-corrected chi connectivity index (χ0v) is 8.07. The molecule has 0 aliphatic heterocycles. The first-order valence-electron chi connectivity index (χ1n) is 3.99. The Morgan fingerprint density at radius 2 is 2.31 bits per heavy atom. The summed E-state index contributed by atoms with van der Waals surface area (Å²) < 4.78 is 6.42. The first-order valence-corrected chi connectivity index (χ1v) is 3.99. The maximum atomic E-state index is 11.3. The lowest BCUT2D eigenvalue weighted by Gasteiger charge is -2.22. The first-order chi connectivity index (χ1) is 6.00. The van der Waals surface area contributed by atoms with Gasteiger partial charge in [-0.3, -0.25) is 0 Å². The van der Waals surface area contributed by atoms with Crippen molar-refractivity contribution in [1.29, 1.82) is 0 Å². The molecule has 13 heavy (non-hydrogen) atoms. The Bertz CT molecular complexity index is 315. The van der Waals surface area contributed by atoms with Gasteiger partial charge in [0.2, 0.25) is 0 Å². The van der Waals surface area contributed by atoms with Crippen LogP contribution in [0.3, 0.4) is 0 Å². The number of esters is 1. The standard InChI is InChI=1S/C9H14N2O2/c1-9(10,8(12)13-3)7-5-4-6-11(7)2/h4-6H,10H2,1-3H3/t9-/m0/s1. The maximum absolute atomic E-state index is 11.3. The Balaban J connectivity index is 3.07. The number of hydrogen-bond acceptors (Lipinski definition) is 3. The Labute approximate surface area is 77.3 Å². The molecule has 0 saturated carbocycles. The molecule has 1 aromatic rings. The largest absolute Gasteiger partial charge is 0.467 e. The molecule has 4 nitrogen and oxygen atoms in total. The molecule has 0 aliphatic rings. The number of carbonyl (C=O) groups is 1. The molecule has 0 aromatic carbocycles. The van der Waals surface area contributed by atoms with Gasteiger partial charge in [-0.2, -0.15) is 0 Å². The molecule has 1 aromatic heterocycles. The molecule has 1 atom stereocenters. The van der Waals surface area contributed by atoms with Crippen LogP contribution in [0, 0.1) is 0 Å². The summed E-state index contributed by atoms with van der Waals surface area (Å²) in [5, 5.41) is 0. The van der Waals surface area contributed by atoms with Crippen LogP contribution in [0.1, 0.15) is 12.6 Å². The highest BCUT2D eigenvalue weighted by molar-refractivity contribution is 5.81. The molecule has 0 saturated heterocycles. The predicted molar refractivity (Wildman–Crippen MR) is 49.0 cm³/mol. The van der Waals surface area contributed by atoms with Crippen molar-refractivity contribution in [3.8, 4) is 0 Å². The van der Waals surface area contributed by atoms with E-state index in [0.717, 1.165) is 5.69 Å². The molecule has 0 aliphatic carbocycles. The molecule has 0 unspecified atom stereocenters. The van der Waals surface area contributed by atoms with Crippen molar-refractivity contribution in [2.75, 3.05) is 7.11 Å². The van der Waals surface area contributed by atoms with E-state index in [0.29, 0.717) is 0 Å². The van der Waals surface area contributed by atoms with Crippen LogP contribution >= 0.6 is 0 Å². The summed E-state index contributed by atoms with van der Waals surface area (Å²) in [5.74, 6) is -0.436. The number of hydrogen-bond donors (Lipinski definition) is 1.